The van der Waals surface area contributed by atoms with Gasteiger partial charge < -0.3 is 31.3 Å². The molecule has 1 unspecified atom stereocenters. The van der Waals surface area contributed by atoms with E-state index in [0.29, 0.717) is 23.5 Å². The van der Waals surface area contributed by atoms with Gasteiger partial charge in [-0.2, -0.15) is 11.8 Å². The van der Waals surface area contributed by atoms with Gasteiger partial charge in [-0.3, -0.25) is 4.57 Å². The van der Waals surface area contributed by atoms with Gasteiger partial charge in [0.05, 0.1) is 12.4 Å². The number of anilines is 2. The Balaban J connectivity index is 1.14. The van der Waals surface area contributed by atoms with E-state index in [1.807, 2.05) is 24.3 Å². The molecule has 0 spiro atoms. The van der Waals surface area contributed by atoms with Crippen LogP contribution in [-0.4, -0.2) is 72.1 Å². The van der Waals surface area contributed by atoms with Crippen molar-refractivity contribution in [2.75, 3.05) is 29.1 Å². The lowest BCUT2D eigenvalue weighted by Gasteiger charge is -2.19. The Morgan fingerprint density at radius 3 is 2.62 bits per heavy atom. The van der Waals surface area contributed by atoms with Crippen molar-refractivity contribution in [3.05, 3.63) is 42.5 Å². The number of urea groups is 1. The molecule has 200 valence electrons. The van der Waals surface area contributed by atoms with Crippen LogP contribution in [0.4, 0.5) is 16.3 Å². The fraction of sp³-hybridized carbons (Fsp3) is 0.520. The predicted octanol–water partition coefficient (Wildman–Crippen LogP) is 2.66. The number of aromatic nitrogens is 4. The molecule has 3 aromatic rings. The molecule has 1 aliphatic rings. The monoisotopic (exact) mass is 529 g/mol. The third kappa shape index (κ3) is 6.50. The number of nitrogens with one attached hydrogen (secondary N) is 2. The molecule has 37 heavy (non-hydrogen) atoms. The number of amides is 2. The Morgan fingerprint density at radius 2 is 1.89 bits per heavy atom. The molecular weight excluding hydrogens is 494 g/mol. The number of aliphatic hydroxyl groups is 2. The van der Waals surface area contributed by atoms with Crippen LogP contribution in [-0.2, 0) is 10.2 Å². The van der Waals surface area contributed by atoms with Gasteiger partial charge in [0.2, 0.25) is 0 Å². The molecule has 0 saturated carbocycles. The van der Waals surface area contributed by atoms with E-state index in [1.54, 1.807) is 16.3 Å². The number of imidazole rings is 1. The number of nitrogen functional groups attached to an aromatic ring is 1. The van der Waals surface area contributed by atoms with Crippen molar-refractivity contribution in [1.29, 1.82) is 0 Å². The Kier molecular flexibility index (Phi) is 8.53. The number of aliphatic hydroxyl groups excluding tert-OH is 2. The first kappa shape index (κ1) is 27.1. The molecule has 1 aromatic carbocycles. The van der Waals surface area contributed by atoms with Gasteiger partial charge >= 0.3 is 6.03 Å². The molecule has 4 atom stereocenters. The second-order valence-electron chi connectivity index (χ2n) is 10.1. The summed E-state index contributed by atoms with van der Waals surface area (Å²) in [5.41, 5.74) is 8.74. The summed E-state index contributed by atoms with van der Waals surface area (Å²) in [4.78, 5) is 24.4. The highest BCUT2D eigenvalue weighted by molar-refractivity contribution is 7.99. The van der Waals surface area contributed by atoms with Crippen LogP contribution in [0.3, 0.4) is 0 Å². The number of ether oxygens (including phenoxy) is 1. The van der Waals surface area contributed by atoms with Gasteiger partial charge in [-0.15, -0.1) is 0 Å². The van der Waals surface area contributed by atoms with E-state index in [4.69, 9.17) is 10.5 Å². The van der Waals surface area contributed by atoms with Crippen LogP contribution in [0, 0.1) is 0 Å². The molecule has 2 amide bonds. The third-order valence-corrected chi connectivity index (χ3v) is 7.43. The number of unbranched alkanes of at least 4 members (excludes halogenated alkanes) is 1. The van der Waals surface area contributed by atoms with E-state index < -0.39 is 24.5 Å². The first-order valence-electron chi connectivity index (χ1n) is 12.3. The fourth-order valence-corrected chi connectivity index (χ4v) is 5.20. The molecule has 1 aliphatic heterocycles. The maximum Gasteiger partial charge on any atom is 0.319 e. The van der Waals surface area contributed by atoms with Crippen LogP contribution >= 0.6 is 11.8 Å². The molecule has 12 heteroatoms. The average molecular weight is 530 g/mol. The number of carbonyl (C=O) groups is 1. The van der Waals surface area contributed by atoms with Crippen molar-refractivity contribution in [3.63, 3.8) is 0 Å². The minimum atomic E-state index is -1.12. The summed E-state index contributed by atoms with van der Waals surface area (Å²) in [6, 6.07) is 7.66. The fourth-order valence-electron chi connectivity index (χ4n) is 4.11. The highest BCUT2D eigenvalue weighted by Gasteiger charge is 2.44. The normalized spacial score (nSPS) is 21.9. The zero-order valence-corrected chi connectivity index (χ0v) is 22.1. The van der Waals surface area contributed by atoms with Gasteiger partial charge in [0, 0.05) is 18.0 Å². The van der Waals surface area contributed by atoms with Crippen LogP contribution in [0.25, 0.3) is 11.2 Å². The Labute approximate surface area is 220 Å². The van der Waals surface area contributed by atoms with Crippen molar-refractivity contribution < 1.29 is 19.7 Å². The highest BCUT2D eigenvalue weighted by atomic mass is 32.2. The second kappa shape index (κ2) is 11.6. The average Bonchev–Trinajstić information content (AvgIpc) is 3.40. The lowest BCUT2D eigenvalue weighted by atomic mass is 9.87. The van der Waals surface area contributed by atoms with E-state index in [9.17, 15) is 15.0 Å². The van der Waals surface area contributed by atoms with Gasteiger partial charge in [-0.1, -0.05) is 32.9 Å². The number of carbonyl (C=O) groups excluding carboxylic acids is 1. The van der Waals surface area contributed by atoms with Crippen LogP contribution in [0.1, 0.15) is 45.4 Å². The van der Waals surface area contributed by atoms with Gasteiger partial charge in [0.1, 0.15) is 24.1 Å². The van der Waals surface area contributed by atoms with Crippen molar-refractivity contribution in [1.82, 2.24) is 24.8 Å². The van der Waals surface area contributed by atoms with Crippen LogP contribution in [0.2, 0.25) is 0 Å². The maximum absolute atomic E-state index is 12.1. The van der Waals surface area contributed by atoms with Crippen molar-refractivity contribution in [2.45, 2.75) is 63.6 Å². The predicted molar refractivity (Wildman–Crippen MR) is 144 cm³/mol. The third-order valence-electron chi connectivity index (χ3n) is 6.29. The smallest absolute Gasteiger partial charge is 0.319 e. The topological polar surface area (TPSA) is 160 Å². The van der Waals surface area contributed by atoms with E-state index in [2.05, 4.69) is 46.4 Å². The minimum Gasteiger partial charge on any atom is -0.387 e. The Hall–Kier alpha value is -2.93. The molecule has 0 radical (unpaired) electrons. The Morgan fingerprint density at radius 1 is 1.14 bits per heavy atom. The maximum atomic E-state index is 12.1. The summed E-state index contributed by atoms with van der Waals surface area (Å²) in [7, 11) is 0. The molecule has 6 N–H and O–H groups in total. The summed E-state index contributed by atoms with van der Waals surface area (Å²) < 4.78 is 7.53. The van der Waals surface area contributed by atoms with E-state index in [-0.39, 0.29) is 17.3 Å². The number of benzene rings is 1. The molecule has 11 nitrogen and oxygen atoms in total. The molecule has 1 fully saturated rings. The molecule has 4 rings (SSSR count). The molecule has 0 aliphatic carbocycles. The zero-order chi connectivity index (χ0) is 26.6. The lowest BCUT2D eigenvalue weighted by molar-refractivity contribution is -0.0289. The van der Waals surface area contributed by atoms with E-state index in [1.165, 1.54) is 18.2 Å². The SMILES string of the molecule is CC(C)(C)c1ccc(NC(=O)NCCCCSCC2O[C@@H](n3cnc4c(N)ncnc43)[C@H](O)[C@@H]2O)cc1. The van der Waals surface area contributed by atoms with Gasteiger partial charge in [-0.05, 0) is 41.7 Å². The molecular formula is C25H35N7O4S. The van der Waals surface area contributed by atoms with Crippen LogP contribution < -0.4 is 16.4 Å². The first-order chi connectivity index (χ1) is 17.6. The summed E-state index contributed by atoms with van der Waals surface area (Å²) in [5.74, 6) is 1.60. The lowest BCUT2D eigenvalue weighted by Crippen LogP contribution is -2.32. The quantitative estimate of drug-likeness (QED) is 0.263. The molecule has 2 aromatic heterocycles. The largest absolute Gasteiger partial charge is 0.387 e. The highest BCUT2D eigenvalue weighted by Crippen LogP contribution is 2.33. The van der Waals surface area contributed by atoms with Crippen LogP contribution in [0.5, 0.6) is 0 Å². The first-order valence-corrected chi connectivity index (χ1v) is 13.5. The molecule has 3 heterocycles. The number of nitrogens with zero attached hydrogens (tertiary/aromatic N) is 4. The van der Waals surface area contributed by atoms with Crippen molar-refractivity contribution in [2.24, 2.45) is 0 Å². The summed E-state index contributed by atoms with van der Waals surface area (Å²) >= 11 is 1.63. The van der Waals surface area contributed by atoms with Gasteiger partial charge in [0.25, 0.3) is 0 Å². The summed E-state index contributed by atoms with van der Waals surface area (Å²) in [6.07, 6.45) is 1.03. The number of nitrogens with two attached hydrogens (primary N) is 1. The Bertz CT molecular complexity index is 1200. The molecule has 1 saturated heterocycles. The number of hydrogen-bond acceptors (Lipinski definition) is 9. The molecule has 0 bridgehead atoms. The zero-order valence-electron chi connectivity index (χ0n) is 21.3. The summed E-state index contributed by atoms with van der Waals surface area (Å²) in [5, 5.41) is 26.8. The van der Waals surface area contributed by atoms with Crippen molar-refractivity contribution >= 4 is 40.5 Å². The van der Waals surface area contributed by atoms with Gasteiger partial charge in [0.15, 0.2) is 17.7 Å². The second-order valence-corrected chi connectivity index (χ2v) is 11.3. The van der Waals surface area contributed by atoms with E-state index >= 15 is 0 Å². The van der Waals surface area contributed by atoms with Crippen molar-refractivity contribution in [3.8, 4) is 0 Å². The van der Waals surface area contributed by atoms with E-state index in [0.717, 1.165) is 24.3 Å². The summed E-state index contributed by atoms with van der Waals surface area (Å²) in [6.45, 7) is 7.02. The number of fused-ring (bicyclic) bond motifs is 1. The number of hydrogen-bond donors (Lipinski definition) is 5. The number of thioether (sulfide) groups is 1. The number of rotatable bonds is 9. The minimum absolute atomic E-state index is 0.0711. The van der Waals surface area contributed by atoms with Gasteiger partial charge in [-0.25, -0.2) is 19.7 Å². The standard InChI is InChI=1S/C25H35N7O4S/c1-25(2,3)15-6-8-16(9-7-15)31-24(35)27-10-4-5-11-37-12-17-19(33)20(34)23(36-17)32-14-30-18-21(26)28-13-29-22(18)32/h6-9,13-14,17,19-20,23,33-34H,4-5,10-12H2,1-3H3,(H2,26,28,29)(H2,27,31,35)/t17?,19-,20-,23-/m1/s1. The van der Waals surface area contributed by atoms with Crippen LogP contribution in [0.15, 0.2) is 36.9 Å².